The van der Waals surface area contributed by atoms with Crippen LogP contribution in [0.15, 0.2) is 48.5 Å². The topological polar surface area (TPSA) is 105 Å². The Morgan fingerprint density at radius 1 is 1.00 bits per heavy atom. The van der Waals surface area contributed by atoms with Gasteiger partial charge in [0.25, 0.3) is 0 Å². The third kappa shape index (κ3) is 4.01. The molecule has 4 rings (SSSR count). The number of hydrogen-bond acceptors (Lipinski definition) is 4. The molecule has 2 aromatic carbocycles. The van der Waals surface area contributed by atoms with Crippen LogP contribution in [-0.4, -0.2) is 41.8 Å². The molecule has 0 radical (unpaired) electrons. The molecule has 0 heterocycles. The second kappa shape index (κ2) is 8.18. The molecule has 0 aliphatic heterocycles. The first-order valence-electron chi connectivity index (χ1n) is 10.1. The van der Waals surface area contributed by atoms with Gasteiger partial charge in [-0.2, -0.15) is 0 Å². The van der Waals surface area contributed by atoms with Gasteiger partial charge in [-0.3, -0.25) is 4.79 Å². The lowest BCUT2D eigenvalue weighted by Crippen LogP contribution is -2.51. The molecule has 1 fully saturated rings. The predicted octanol–water partition coefficient (Wildman–Crippen LogP) is 2.89. The maximum absolute atomic E-state index is 12.3. The van der Waals surface area contributed by atoms with Gasteiger partial charge in [0.1, 0.15) is 18.7 Å². The third-order valence-electron chi connectivity index (χ3n) is 5.73. The van der Waals surface area contributed by atoms with Crippen molar-refractivity contribution in [3.05, 3.63) is 59.7 Å². The number of carbonyl (C=O) groups is 3. The number of carbonyl (C=O) groups excluding carboxylic acids is 2. The summed E-state index contributed by atoms with van der Waals surface area (Å²) in [4.78, 5) is 35.8. The van der Waals surface area contributed by atoms with Gasteiger partial charge in [-0.1, -0.05) is 48.5 Å². The number of hydrogen-bond donors (Lipinski definition) is 3. The lowest BCUT2D eigenvalue weighted by molar-refractivity contribution is -0.142. The predicted molar refractivity (Wildman–Crippen MR) is 110 cm³/mol. The van der Waals surface area contributed by atoms with Gasteiger partial charge in [0, 0.05) is 5.92 Å². The lowest BCUT2D eigenvalue weighted by atomic mass is 9.98. The van der Waals surface area contributed by atoms with Crippen molar-refractivity contribution < 1.29 is 24.2 Å². The van der Waals surface area contributed by atoms with E-state index >= 15 is 0 Å². The highest BCUT2D eigenvalue weighted by atomic mass is 16.5. The first-order valence-corrected chi connectivity index (χ1v) is 10.1. The molecule has 30 heavy (non-hydrogen) atoms. The number of rotatable bonds is 7. The van der Waals surface area contributed by atoms with E-state index in [4.69, 9.17) is 4.74 Å². The third-order valence-corrected chi connectivity index (χ3v) is 5.73. The van der Waals surface area contributed by atoms with Gasteiger partial charge in [0.2, 0.25) is 5.91 Å². The first kappa shape index (κ1) is 19.9. The molecule has 2 aliphatic carbocycles. The summed E-state index contributed by atoms with van der Waals surface area (Å²) < 4.78 is 5.43. The van der Waals surface area contributed by atoms with Crippen molar-refractivity contribution >= 4 is 18.0 Å². The van der Waals surface area contributed by atoms with Crippen molar-refractivity contribution in [1.29, 1.82) is 0 Å². The number of aliphatic carboxylic acids is 1. The van der Waals surface area contributed by atoms with Gasteiger partial charge < -0.3 is 20.5 Å². The van der Waals surface area contributed by atoms with Crippen LogP contribution >= 0.6 is 0 Å². The number of carboxylic acid groups (broad SMARTS) is 1. The summed E-state index contributed by atoms with van der Waals surface area (Å²) in [6, 6.07) is 14.2. The van der Waals surface area contributed by atoms with Crippen molar-refractivity contribution in [3.8, 4) is 11.1 Å². The number of alkyl carbamates (subject to hydrolysis) is 1. The van der Waals surface area contributed by atoms with E-state index in [1.807, 2.05) is 36.4 Å². The molecule has 2 aromatic rings. The molecule has 0 spiro atoms. The number of nitrogens with one attached hydrogen (secondary N) is 2. The Bertz CT molecular complexity index is 940. The van der Waals surface area contributed by atoms with Gasteiger partial charge in [-0.15, -0.1) is 0 Å². The van der Waals surface area contributed by atoms with Crippen molar-refractivity contribution in [2.45, 2.75) is 37.8 Å². The van der Waals surface area contributed by atoms with Crippen LogP contribution in [0.3, 0.4) is 0 Å². The van der Waals surface area contributed by atoms with Crippen molar-refractivity contribution in [1.82, 2.24) is 10.6 Å². The Morgan fingerprint density at radius 2 is 1.57 bits per heavy atom. The first-order chi connectivity index (χ1) is 14.5. The van der Waals surface area contributed by atoms with Crippen molar-refractivity contribution in [2.24, 2.45) is 5.92 Å². The van der Waals surface area contributed by atoms with E-state index in [2.05, 4.69) is 22.8 Å². The molecular formula is C23H24N2O5. The number of fused-ring (bicyclic) bond motifs is 3. The summed E-state index contributed by atoms with van der Waals surface area (Å²) in [5.41, 5.74) is 4.47. The van der Waals surface area contributed by atoms with Crippen molar-refractivity contribution in [3.63, 3.8) is 0 Å². The Morgan fingerprint density at radius 3 is 2.10 bits per heavy atom. The van der Waals surface area contributed by atoms with Crippen LogP contribution in [0.1, 0.15) is 36.8 Å². The smallest absolute Gasteiger partial charge is 0.407 e. The number of amides is 2. The molecular weight excluding hydrogens is 384 g/mol. The minimum atomic E-state index is -1.06. The Kier molecular flexibility index (Phi) is 5.44. The summed E-state index contributed by atoms with van der Waals surface area (Å²) in [5, 5.41) is 14.2. The Hall–Kier alpha value is -3.35. The average molecular weight is 408 g/mol. The zero-order valence-electron chi connectivity index (χ0n) is 16.6. The molecule has 2 atom stereocenters. The quantitative estimate of drug-likeness (QED) is 0.653. The Balaban J connectivity index is 1.35. The molecule has 1 saturated carbocycles. The van der Waals surface area contributed by atoms with E-state index in [0.717, 1.165) is 35.1 Å². The fourth-order valence-corrected chi connectivity index (χ4v) is 3.97. The molecule has 2 amide bonds. The van der Waals surface area contributed by atoms with Crippen LogP contribution in [0.25, 0.3) is 11.1 Å². The zero-order chi connectivity index (χ0) is 21.3. The summed E-state index contributed by atoms with van der Waals surface area (Å²) in [5.74, 6) is -1.70. The number of ether oxygens (including phenoxy) is 1. The molecule has 0 aromatic heterocycles. The fourth-order valence-electron chi connectivity index (χ4n) is 3.97. The van der Waals surface area contributed by atoms with Gasteiger partial charge in [0.15, 0.2) is 0 Å². The molecule has 2 aliphatic rings. The van der Waals surface area contributed by atoms with E-state index in [1.165, 1.54) is 6.92 Å². The van der Waals surface area contributed by atoms with Crippen LogP contribution in [0.2, 0.25) is 0 Å². The van der Waals surface area contributed by atoms with E-state index in [1.54, 1.807) is 0 Å². The highest BCUT2D eigenvalue weighted by molar-refractivity contribution is 5.89. The largest absolute Gasteiger partial charge is 0.480 e. The minimum Gasteiger partial charge on any atom is -0.480 e. The summed E-state index contributed by atoms with van der Waals surface area (Å²) in [6.45, 7) is 1.65. The SMILES string of the molecule is C[C@H](NC(=O)OCC1c2ccccc2-c2ccccc21)C(=O)NC(C(=O)O)C1CC1. The maximum atomic E-state index is 12.3. The molecule has 7 heteroatoms. The average Bonchev–Trinajstić information content (AvgIpc) is 3.52. The van der Waals surface area contributed by atoms with Crippen LogP contribution in [0.5, 0.6) is 0 Å². The summed E-state index contributed by atoms with van der Waals surface area (Å²) in [7, 11) is 0. The zero-order valence-corrected chi connectivity index (χ0v) is 16.6. The lowest BCUT2D eigenvalue weighted by Gasteiger charge is -2.19. The van der Waals surface area contributed by atoms with Gasteiger partial charge in [-0.05, 0) is 47.9 Å². The summed E-state index contributed by atoms with van der Waals surface area (Å²) >= 11 is 0. The van der Waals surface area contributed by atoms with Crippen molar-refractivity contribution in [2.75, 3.05) is 6.61 Å². The van der Waals surface area contributed by atoms with Gasteiger partial charge in [-0.25, -0.2) is 9.59 Å². The van der Waals surface area contributed by atoms with Crippen LogP contribution in [0.4, 0.5) is 4.79 Å². The molecule has 3 N–H and O–H groups in total. The monoisotopic (exact) mass is 408 g/mol. The van der Waals surface area contributed by atoms with E-state index in [0.29, 0.717) is 0 Å². The maximum Gasteiger partial charge on any atom is 0.407 e. The highest BCUT2D eigenvalue weighted by Crippen LogP contribution is 2.44. The second-order valence-electron chi connectivity index (χ2n) is 7.85. The van der Waals surface area contributed by atoms with E-state index in [9.17, 15) is 19.5 Å². The normalized spacial score (nSPS) is 16.7. The fraction of sp³-hybridized carbons (Fsp3) is 0.348. The number of carboxylic acids is 1. The molecule has 0 saturated heterocycles. The summed E-state index contributed by atoms with van der Waals surface area (Å²) in [6.07, 6.45) is 0.856. The molecule has 7 nitrogen and oxygen atoms in total. The van der Waals surface area contributed by atoms with E-state index < -0.39 is 30.1 Å². The molecule has 156 valence electrons. The van der Waals surface area contributed by atoms with E-state index in [-0.39, 0.29) is 18.4 Å². The van der Waals surface area contributed by atoms with Crippen LogP contribution in [0, 0.1) is 5.92 Å². The van der Waals surface area contributed by atoms with Crippen LogP contribution < -0.4 is 10.6 Å². The number of benzene rings is 2. The molecule has 0 bridgehead atoms. The van der Waals surface area contributed by atoms with Gasteiger partial charge >= 0.3 is 12.1 Å². The van der Waals surface area contributed by atoms with Gasteiger partial charge in [0.05, 0.1) is 0 Å². The highest BCUT2D eigenvalue weighted by Gasteiger charge is 2.38. The Labute approximate surface area is 174 Å². The molecule has 1 unspecified atom stereocenters. The van der Waals surface area contributed by atoms with Crippen LogP contribution in [-0.2, 0) is 14.3 Å². The second-order valence-corrected chi connectivity index (χ2v) is 7.85. The standard InChI is InChI=1S/C23H24N2O5/c1-13(21(26)25-20(22(27)28)14-10-11-14)24-23(29)30-12-19-17-8-4-2-6-15(17)16-7-3-5-9-18(16)19/h2-9,13-14,19-20H,10-12H2,1H3,(H,24,29)(H,25,26)(H,27,28)/t13-,20?/m0/s1. The minimum absolute atomic E-state index is 0.0342.